The number of likely N-dealkylation sites (tertiary alicyclic amines) is 1. The number of para-hydroxylation sites is 1. The molecule has 1 aliphatic heterocycles. The fourth-order valence-corrected chi connectivity index (χ4v) is 7.53. The summed E-state index contributed by atoms with van der Waals surface area (Å²) in [4.78, 5) is 145. The molecular formula is C41H60N12O16S2. The summed E-state index contributed by atoms with van der Waals surface area (Å²) in [6.07, 6.45) is -0.472. The van der Waals surface area contributed by atoms with Crippen molar-refractivity contribution in [3.05, 3.63) is 36.0 Å². The minimum Gasteiger partial charge on any atom is -0.481 e. The third-order valence-electron chi connectivity index (χ3n) is 10.9. The van der Waals surface area contributed by atoms with Gasteiger partial charge in [-0.15, -0.1) is 0 Å². The van der Waals surface area contributed by atoms with E-state index in [1.54, 1.807) is 30.5 Å². The summed E-state index contributed by atoms with van der Waals surface area (Å²) in [6, 6.07) is -6.64. The van der Waals surface area contributed by atoms with E-state index < -0.39 is 158 Å². The Hall–Kier alpha value is -6.57. The molecule has 0 saturated carbocycles. The number of aliphatic hydroxyl groups is 4. The molecule has 2 aromatic rings. The quantitative estimate of drug-likeness (QED) is 0.0352. The van der Waals surface area contributed by atoms with Crippen LogP contribution in [0.2, 0.25) is 0 Å². The second-order valence-electron chi connectivity index (χ2n) is 16.1. The molecule has 0 aliphatic carbocycles. The van der Waals surface area contributed by atoms with E-state index in [4.69, 9.17) is 16.6 Å². The van der Waals surface area contributed by atoms with Crippen LogP contribution in [0.15, 0.2) is 30.5 Å². The van der Waals surface area contributed by atoms with E-state index in [2.05, 4.69) is 72.8 Å². The average molecular weight is 1040 g/mol. The fraction of sp³-hybridized carbons (Fsp3) is 0.537. The zero-order valence-corrected chi connectivity index (χ0v) is 40.0. The Morgan fingerprint density at radius 1 is 0.732 bits per heavy atom. The number of rotatable bonds is 28. The Kier molecular flexibility index (Phi) is 23.4. The number of nitrogens with two attached hydrogens (primary N) is 2. The first-order valence-corrected chi connectivity index (χ1v) is 23.1. The standard InChI is InChI=1S/C41H60N12O16S2/c1-18(57)32(52-37(65)26(15-56)49-38(66)27(16-70)50-34(62)21(42)10-31(59)60)41(69)53-8-4-7-29(53)40(68)51-28(17-71)39(67)48-24(13-54)35(63)45-12-30(58)46-25(14-55)36(64)47-23(33(43)61)9-19-11-44-22-6-3-2-5-20(19)22/h2-3,5-6,11,18,21,23-29,32,44,54-57,70-71H,4,7-10,12-17,42H2,1H3,(H2,43,61)(H,45,63)(H,46,58)(H,47,64)(H,48,67)(H,49,66)(H,50,62)(H,51,68)(H,52,65)(H,59,60)/t18-,21+,23+,24+,25+,26+,27+,28+,29+,32+/m1/s1. The lowest BCUT2D eigenvalue weighted by Crippen LogP contribution is -2.62. The molecule has 392 valence electrons. The highest BCUT2D eigenvalue weighted by Gasteiger charge is 2.41. The molecule has 18 N–H and O–H groups in total. The lowest BCUT2D eigenvalue weighted by atomic mass is 10.0. The monoisotopic (exact) mass is 1040 g/mol. The van der Waals surface area contributed by atoms with Crippen LogP contribution in [0.3, 0.4) is 0 Å². The van der Waals surface area contributed by atoms with E-state index >= 15 is 0 Å². The largest absolute Gasteiger partial charge is 0.481 e. The Morgan fingerprint density at radius 2 is 1.25 bits per heavy atom. The molecule has 0 spiro atoms. The molecule has 2 heterocycles. The molecule has 1 aliphatic rings. The number of benzene rings is 1. The maximum absolute atomic E-state index is 13.8. The van der Waals surface area contributed by atoms with E-state index in [1.165, 1.54) is 0 Å². The number of nitrogens with one attached hydrogen (secondary N) is 9. The molecule has 1 saturated heterocycles. The van der Waals surface area contributed by atoms with Gasteiger partial charge in [-0.25, -0.2) is 0 Å². The van der Waals surface area contributed by atoms with Crippen LogP contribution in [0.1, 0.15) is 31.7 Å². The Labute approximate surface area is 415 Å². The molecule has 1 aromatic heterocycles. The number of fused-ring (bicyclic) bond motifs is 1. The summed E-state index contributed by atoms with van der Waals surface area (Å²) >= 11 is 8.07. The molecule has 30 heteroatoms. The first kappa shape index (κ1) is 58.7. The van der Waals surface area contributed by atoms with Gasteiger partial charge in [-0.05, 0) is 31.4 Å². The number of amides is 10. The summed E-state index contributed by atoms with van der Waals surface area (Å²) in [6.45, 7) is -2.73. The molecular weight excluding hydrogens is 981 g/mol. The number of H-pyrrole nitrogens is 1. The Bertz CT molecular complexity index is 2270. The minimum atomic E-state index is -1.76. The number of carboxylic acid groups (broad SMARTS) is 1. The SMILES string of the molecule is C[C@@H](O)[C@H](NC(=O)[C@H](CO)NC(=O)[C@H](CS)NC(=O)[C@@H](N)CC(=O)O)C(=O)N1CCC[C@H]1C(=O)N[C@@H](CS)C(=O)N[C@@H](CO)C(=O)NCC(=O)N[C@@H](CO)C(=O)N[C@@H](Cc1c[nH]c2ccccc12)C(N)=O. The number of carboxylic acids is 1. The fourth-order valence-electron chi connectivity index (χ4n) is 7.02. The third-order valence-corrected chi connectivity index (χ3v) is 11.6. The van der Waals surface area contributed by atoms with Gasteiger partial charge in [-0.2, -0.15) is 25.3 Å². The third kappa shape index (κ3) is 17.1. The van der Waals surface area contributed by atoms with Crippen molar-refractivity contribution in [1.82, 2.24) is 52.4 Å². The zero-order valence-electron chi connectivity index (χ0n) is 38.2. The van der Waals surface area contributed by atoms with Gasteiger partial charge < -0.3 is 89.4 Å². The number of aromatic amines is 1. The highest BCUT2D eigenvalue weighted by atomic mass is 32.1. The lowest BCUT2D eigenvalue weighted by molar-refractivity contribution is -0.145. The zero-order chi connectivity index (χ0) is 53.1. The minimum absolute atomic E-state index is 0.0225. The molecule has 1 fully saturated rings. The molecule has 1 aromatic carbocycles. The molecule has 28 nitrogen and oxygen atoms in total. The van der Waals surface area contributed by atoms with Gasteiger partial charge >= 0.3 is 5.97 Å². The van der Waals surface area contributed by atoms with Crippen molar-refractivity contribution >= 4 is 101 Å². The van der Waals surface area contributed by atoms with Crippen molar-refractivity contribution in [1.29, 1.82) is 0 Å². The maximum atomic E-state index is 13.8. The average Bonchev–Trinajstić information content (AvgIpc) is 4.00. The van der Waals surface area contributed by atoms with Crippen LogP contribution >= 0.6 is 25.3 Å². The van der Waals surface area contributed by atoms with Crippen LogP contribution in [0.5, 0.6) is 0 Å². The van der Waals surface area contributed by atoms with Gasteiger partial charge in [0.1, 0.15) is 48.3 Å². The van der Waals surface area contributed by atoms with Gasteiger partial charge in [0.15, 0.2) is 0 Å². The van der Waals surface area contributed by atoms with Crippen LogP contribution in [0.4, 0.5) is 0 Å². The van der Waals surface area contributed by atoms with Crippen molar-refractivity contribution in [2.24, 2.45) is 11.5 Å². The number of primary amides is 1. The predicted octanol–water partition coefficient (Wildman–Crippen LogP) is -8.28. The molecule has 71 heavy (non-hydrogen) atoms. The molecule has 0 radical (unpaired) electrons. The Balaban J connectivity index is 1.56. The number of carbonyl (C=O) groups excluding carboxylic acids is 10. The van der Waals surface area contributed by atoms with Crippen molar-refractivity contribution in [2.75, 3.05) is 44.4 Å². The van der Waals surface area contributed by atoms with Crippen LogP contribution in [0.25, 0.3) is 10.9 Å². The van der Waals surface area contributed by atoms with E-state index in [9.17, 15) is 73.2 Å². The van der Waals surface area contributed by atoms with Gasteiger partial charge in [0.2, 0.25) is 59.1 Å². The topological polar surface area (TPSA) is 456 Å². The van der Waals surface area contributed by atoms with Gasteiger partial charge in [0.25, 0.3) is 0 Å². The number of carbonyl (C=O) groups is 11. The number of hydrogen-bond acceptors (Lipinski definition) is 18. The second-order valence-corrected chi connectivity index (χ2v) is 16.9. The van der Waals surface area contributed by atoms with Crippen LogP contribution < -0.4 is 54.0 Å². The van der Waals surface area contributed by atoms with Crippen molar-refractivity contribution in [3.63, 3.8) is 0 Å². The number of aliphatic hydroxyl groups excluding tert-OH is 4. The Morgan fingerprint density at radius 3 is 1.82 bits per heavy atom. The molecule has 10 amide bonds. The van der Waals surface area contributed by atoms with Gasteiger partial charge in [0, 0.05) is 41.6 Å². The summed E-state index contributed by atoms with van der Waals surface area (Å²) in [5.74, 6) is -12.2. The van der Waals surface area contributed by atoms with Crippen LogP contribution in [0, 0.1) is 0 Å². The molecule has 10 atom stereocenters. The smallest absolute Gasteiger partial charge is 0.305 e. The van der Waals surface area contributed by atoms with Crippen LogP contribution in [-0.4, -0.2) is 205 Å². The van der Waals surface area contributed by atoms with Gasteiger partial charge in [-0.1, -0.05) is 18.2 Å². The number of hydrogen-bond donors (Lipinski definition) is 18. The lowest BCUT2D eigenvalue weighted by Gasteiger charge is -2.31. The first-order valence-electron chi connectivity index (χ1n) is 21.8. The highest BCUT2D eigenvalue weighted by molar-refractivity contribution is 7.80. The van der Waals surface area contributed by atoms with Crippen LogP contribution in [-0.2, 0) is 59.2 Å². The first-order chi connectivity index (χ1) is 33.6. The molecule has 3 rings (SSSR count). The number of aliphatic carboxylic acids is 1. The summed E-state index contributed by atoms with van der Waals surface area (Å²) in [5.41, 5.74) is 12.5. The van der Waals surface area contributed by atoms with Crippen molar-refractivity contribution in [3.8, 4) is 0 Å². The normalized spacial score (nSPS) is 17.1. The molecule has 0 bridgehead atoms. The predicted molar refractivity (Wildman–Crippen MR) is 253 cm³/mol. The number of aromatic nitrogens is 1. The number of thiol groups is 2. The summed E-state index contributed by atoms with van der Waals surface area (Å²) in [5, 5.41) is 67.8. The van der Waals surface area contributed by atoms with Gasteiger partial charge in [0.05, 0.1) is 44.9 Å². The second kappa shape index (κ2) is 28.3. The van der Waals surface area contributed by atoms with E-state index in [-0.39, 0.29) is 37.3 Å². The van der Waals surface area contributed by atoms with Crippen molar-refractivity contribution < 1.29 is 78.3 Å². The summed E-state index contributed by atoms with van der Waals surface area (Å²) in [7, 11) is 0. The highest BCUT2D eigenvalue weighted by Crippen LogP contribution is 2.21. The van der Waals surface area contributed by atoms with Crippen molar-refractivity contribution in [2.45, 2.75) is 93.1 Å². The van der Waals surface area contributed by atoms with Gasteiger partial charge in [-0.3, -0.25) is 52.7 Å². The summed E-state index contributed by atoms with van der Waals surface area (Å²) < 4.78 is 0. The van der Waals surface area contributed by atoms with E-state index in [0.717, 1.165) is 22.7 Å². The van der Waals surface area contributed by atoms with E-state index in [0.29, 0.717) is 5.56 Å². The molecule has 0 unspecified atom stereocenters. The maximum Gasteiger partial charge on any atom is 0.305 e. The number of nitrogens with zero attached hydrogens (tertiary/aromatic N) is 1. The van der Waals surface area contributed by atoms with E-state index in [1.807, 2.05) is 0 Å².